The Bertz CT molecular complexity index is 484. The molecule has 2 saturated heterocycles. The Morgan fingerprint density at radius 2 is 1.85 bits per heavy atom. The molecule has 8 heteroatoms. The fourth-order valence-corrected chi connectivity index (χ4v) is 3.48. The highest BCUT2D eigenvalue weighted by Crippen LogP contribution is 2.17. The molecule has 0 radical (unpaired) electrons. The van der Waals surface area contributed by atoms with E-state index < -0.39 is 0 Å². The highest BCUT2D eigenvalue weighted by atomic mass is 16.6. The van der Waals surface area contributed by atoms with Crippen LogP contribution in [0.25, 0.3) is 0 Å². The molecule has 156 valence electrons. The minimum Gasteiger partial charge on any atom is -0.450 e. The summed E-state index contributed by atoms with van der Waals surface area (Å²) in [6, 6.07) is 0.319. The number of hydrogen-bond acceptors (Lipinski definition) is 5. The zero-order chi connectivity index (χ0) is 19.7. The molecule has 0 spiro atoms. The van der Waals surface area contributed by atoms with Crippen LogP contribution in [0.1, 0.15) is 40.5 Å². The lowest BCUT2D eigenvalue weighted by molar-refractivity contribution is -0.00684. The molecule has 1 amide bonds. The fraction of sp³-hybridized carbons (Fsp3) is 0.895. The topological polar surface area (TPSA) is 78.4 Å². The van der Waals surface area contributed by atoms with Crippen LogP contribution in [-0.2, 0) is 9.47 Å². The molecule has 0 saturated carbocycles. The SMILES string of the molecule is CCNC(=NCC(C)(C)N1CCOCC1)NC1CCN(C(=O)OCC)CC1. The maximum Gasteiger partial charge on any atom is 0.409 e. The van der Waals surface area contributed by atoms with Crippen LogP contribution >= 0.6 is 0 Å². The third-order valence-corrected chi connectivity index (χ3v) is 5.20. The molecule has 8 nitrogen and oxygen atoms in total. The van der Waals surface area contributed by atoms with E-state index in [1.165, 1.54) is 0 Å². The van der Waals surface area contributed by atoms with Gasteiger partial charge in [0.25, 0.3) is 0 Å². The van der Waals surface area contributed by atoms with Crippen LogP contribution in [0.15, 0.2) is 4.99 Å². The molecule has 0 aromatic heterocycles. The van der Waals surface area contributed by atoms with Gasteiger partial charge in [-0.3, -0.25) is 9.89 Å². The van der Waals surface area contributed by atoms with Crippen molar-refractivity contribution in [2.75, 3.05) is 59.1 Å². The number of piperidine rings is 1. The van der Waals surface area contributed by atoms with Gasteiger partial charge in [-0.05, 0) is 40.5 Å². The highest BCUT2D eigenvalue weighted by molar-refractivity contribution is 5.80. The van der Waals surface area contributed by atoms with Gasteiger partial charge in [0, 0.05) is 44.3 Å². The van der Waals surface area contributed by atoms with Crippen LogP contribution in [0, 0.1) is 0 Å². The molecule has 0 atom stereocenters. The molecule has 2 fully saturated rings. The minimum absolute atomic E-state index is 0.000589. The number of carbonyl (C=O) groups excluding carboxylic acids is 1. The van der Waals surface area contributed by atoms with Crippen molar-refractivity contribution in [1.82, 2.24) is 20.4 Å². The number of nitrogens with zero attached hydrogens (tertiary/aromatic N) is 3. The number of guanidine groups is 1. The van der Waals surface area contributed by atoms with E-state index in [0.717, 1.165) is 71.3 Å². The van der Waals surface area contributed by atoms with Gasteiger partial charge in [-0.25, -0.2) is 4.79 Å². The summed E-state index contributed by atoms with van der Waals surface area (Å²) >= 11 is 0. The molecule has 0 aliphatic carbocycles. The molecule has 2 heterocycles. The quantitative estimate of drug-likeness (QED) is 0.531. The third-order valence-electron chi connectivity index (χ3n) is 5.20. The first-order valence-electron chi connectivity index (χ1n) is 10.3. The van der Waals surface area contributed by atoms with Gasteiger partial charge in [0.05, 0.1) is 26.4 Å². The van der Waals surface area contributed by atoms with Crippen molar-refractivity contribution in [2.45, 2.75) is 52.1 Å². The van der Waals surface area contributed by atoms with Gasteiger partial charge >= 0.3 is 6.09 Å². The first-order chi connectivity index (χ1) is 13.0. The number of aliphatic imine (C=N–C) groups is 1. The van der Waals surface area contributed by atoms with E-state index >= 15 is 0 Å². The van der Waals surface area contributed by atoms with Crippen LogP contribution in [0.5, 0.6) is 0 Å². The predicted molar refractivity (Wildman–Crippen MR) is 107 cm³/mol. The van der Waals surface area contributed by atoms with Gasteiger partial charge in [0.1, 0.15) is 0 Å². The second-order valence-corrected chi connectivity index (χ2v) is 7.71. The largest absolute Gasteiger partial charge is 0.450 e. The van der Waals surface area contributed by atoms with Crippen molar-refractivity contribution in [3.05, 3.63) is 0 Å². The average Bonchev–Trinajstić information content (AvgIpc) is 2.68. The molecule has 0 aromatic carbocycles. The number of nitrogens with one attached hydrogen (secondary N) is 2. The van der Waals surface area contributed by atoms with E-state index in [4.69, 9.17) is 14.5 Å². The molecular formula is C19H37N5O3. The molecule has 2 rings (SSSR count). The van der Waals surface area contributed by atoms with E-state index in [0.29, 0.717) is 12.6 Å². The highest BCUT2D eigenvalue weighted by Gasteiger charge is 2.28. The zero-order valence-corrected chi connectivity index (χ0v) is 17.4. The lowest BCUT2D eigenvalue weighted by atomic mass is 10.0. The first-order valence-corrected chi connectivity index (χ1v) is 10.3. The van der Waals surface area contributed by atoms with Gasteiger partial charge < -0.3 is 25.0 Å². The number of ether oxygens (including phenoxy) is 2. The summed E-state index contributed by atoms with van der Waals surface area (Å²) in [6.07, 6.45) is 1.59. The number of morpholine rings is 1. The van der Waals surface area contributed by atoms with Crippen LogP contribution < -0.4 is 10.6 Å². The van der Waals surface area contributed by atoms with Crippen molar-refractivity contribution in [3.8, 4) is 0 Å². The smallest absolute Gasteiger partial charge is 0.409 e. The molecule has 2 aliphatic rings. The van der Waals surface area contributed by atoms with Gasteiger partial charge in [-0.15, -0.1) is 0 Å². The molecule has 27 heavy (non-hydrogen) atoms. The number of amides is 1. The maximum absolute atomic E-state index is 11.8. The Hall–Kier alpha value is -1.54. The third kappa shape index (κ3) is 6.84. The lowest BCUT2D eigenvalue weighted by Crippen LogP contribution is -2.53. The minimum atomic E-state index is -0.205. The van der Waals surface area contributed by atoms with E-state index in [1.807, 2.05) is 6.92 Å². The summed E-state index contributed by atoms with van der Waals surface area (Å²) in [7, 11) is 0. The number of carbonyl (C=O) groups is 1. The standard InChI is InChI=1S/C19H37N5O3/c1-5-20-17(21-15-19(3,4)24-11-13-26-14-12-24)22-16-7-9-23(10-8-16)18(25)27-6-2/h16H,5-15H2,1-4H3,(H2,20,21,22). The van der Waals surface area contributed by atoms with Gasteiger partial charge in [-0.2, -0.15) is 0 Å². The number of likely N-dealkylation sites (tertiary alicyclic amines) is 1. The Balaban J connectivity index is 1.85. The van der Waals surface area contributed by atoms with Crippen LogP contribution in [0.3, 0.4) is 0 Å². The number of hydrogen-bond donors (Lipinski definition) is 2. The molecule has 0 aromatic rings. The molecule has 0 unspecified atom stereocenters. The summed E-state index contributed by atoms with van der Waals surface area (Å²) < 4.78 is 10.5. The second kappa shape index (κ2) is 10.7. The van der Waals surface area contributed by atoms with Crippen molar-refractivity contribution >= 4 is 12.1 Å². The van der Waals surface area contributed by atoms with Crippen LogP contribution in [-0.4, -0.2) is 92.5 Å². The predicted octanol–water partition coefficient (Wildman–Crippen LogP) is 1.27. The molecule has 0 bridgehead atoms. The molecular weight excluding hydrogens is 346 g/mol. The molecule has 2 N–H and O–H groups in total. The summed E-state index contributed by atoms with van der Waals surface area (Å²) in [5.41, 5.74) is -0.000589. The monoisotopic (exact) mass is 383 g/mol. The molecule has 2 aliphatic heterocycles. The average molecular weight is 384 g/mol. The van der Waals surface area contributed by atoms with E-state index in [9.17, 15) is 4.79 Å². The van der Waals surface area contributed by atoms with Crippen molar-refractivity contribution in [1.29, 1.82) is 0 Å². The maximum atomic E-state index is 11.8. The Kier molecular flexibility index (Phi) is 8.63. The van der Waals surface area contributed by atoms with Gasteiger partial charge in [0.2, 0.25) is 0 Å². The van der Waals surface area contributed by atoms with Crippen LogP contribution in [0.4, 0.5) is 4.79 Å². The summed E-state index contributed by atoms with van der Waals surface area (Å²) in [6.45, 7) is 15.3. The summed E-state index contributed by atoms with van der Waals surface area (Å²) in [4.78, 5) is 20.9. The number of rotatable bonds is 6. The summed E-state index contributed by atoms with van der Waals surface area (Å²) in [5.74, 6) is 0.855. The van der Waals surface area contributed by atoms with Crippen LogP contribution in [0.2, 0.25) is 0 Å². The van der Waals surface area contributed by atoms with Crippen molar-refractivity contribution in [3.63, 3.8) is 0 Å². The Morgan fingerprint density at radius 3 is 2.44 bits per heavy atom. The van der Waals surface area contributed by atoms with E-state index in [2.05, 4.69) is 36.3 Å². The van der Waals surface area contributed by atoms with Gasteiger partial charge in [0.15, 0.2) is 5.96 Å². The van der Waals surface area contributed by atoms with E-state index in [-0.39, 0.29) is 11.6 Å². The lowest BCUT2D eigenvalue weighted by Gasteiger charge is -2.40. The van der Waals surface area contributed by atoms with Crippen molar-refractivity contribution in [2.24, 2.45) is 4.99 Å². The van der Waals surface area contributed by atoms with E-state index in [1.54, 1.807) is 4.90 Å². The zero-order valence-electron chi connectivity index (χ0n) is 17.4. The first kappa shape index (κ1) is 21.8. The Morgan fingerprint density at radius 1 is 1.19 bits per heavy atom. The fourth-order valence-electron chi connectivity index (χ4n) is 3.48. The second-order valence-electron chi connectivity index (χ2n) is 7.71. The van der Waals surface area contributed by atoms with Gasteiger partial charge in [-0.1, -0.05) is 0 Å². The van der Waals surface area contributed by atoms with Crippen molar-refractivity contribution < 1.29 is 14.3 Å². The summed E-state index contributed by atoms with van der Waals surface area (Å²) in [5, 5.41) is 6.89. The Labute approximate surface area is 163 Å². The normalized spacial score (nSPS) is 20.4.